The molecule has 0 unspecified atom stereocenters. The Kier molecular flexibility index (Phi) is 7.48. The van der Waals surface area contributed by atoms with Crippen molar-refractivity contribution in [1.82, 2.24) is 10.2 Å². The lowest BCUT2D eigenvalue weighted by Crippen LogP contribution is -2.54. The van der Waals surface area contributed by atoms with E-state index in [0.717, 1.165) is 36.8 Å². The molecule has 1 aliphatic rings. The van der Waals surface area contributed by atoms with Crippen LogP contribution in [-0.2, 0) is 9.59 Å². The number of allylic oxidation sites excluding steroid dienone is 2. The number of carbonyl (C=O) groups excluding carboxylic acids is 2. The first-order valence-electron chi connectivity index (χ1n) is 8.82. The second kappa shape index (κ2) is 9.82. The lowest BCUT2D eigenvalue weighted by molar-refractivity contribution is -0.128. The van der Waals surface area contributed by atoms with Crippen LogP contribution in [0.15, 0.2) is 60.2 Å². The molecule has 1 aromatic rings. The minimum absolute atomic E-state index is 0.110. The summed E-state index contributed by atoms with van der Waals surface area (Å²) in [6.07, 6.45) is 9.31. The molecular formula is C21H24N2O2S. The van der Waals surface area contributed by atoms with Gasteiger partial charge in [-0.3, -0.25) is 19.8 Å². The summed E-state index contributed by atoms with van der Waals surface area (Å²) in [6.45, 7) is 6.05. The molecule has 2 rings (SSSR count). The Balaban J connectivity index is 2.35. The summed E-state index contributed by atoms with van der Waals surface area (Å²) in [5.41, 5.74) is 2.10. The van der Waals surface area contributed by atoms with Gasteiger partial charge >= 0.3 is 0 Å². The number of nitrogens with zero attached hydrogens (tertiary/aromatic N) is 1. The minimum atomic E-state index is -0.449. The lowest BCUT2D eigenvalue weighted by Gasteiger charge is -2.28. The van der Waals surface area contributed by atoms with Gasteiger partial charge in [0.2, 0.25) is 0 Å². The van der Waals surface area contributed by atoms with E-state index < -0.39 is 5.91 Å². The SMILES string of the molecule is C=CCN1C(=O)C(=CC(=Cc2ccccc2)CCCCC)C(=O)NC1=S. The fraction of sp³-hybridized carbons (Fsp3) is 0.286. The maximum atomic E-state index is 12.7. The molecule has 26 heavy (non-hydrogen) atoms. The first-order chi connectivity index (χ1) is 12.6. The molecular weight excluding hydrogens is 344 g/mol. The first kappa shape index (κ1) is 19.8. The van der Waals surface area contributed by atoms with Crippen LogP contribution < -0.4 is 5.32 Å². The van der Waals surface area contributed by atoms with Crippen LogP contribution >= 0.6 is 12.2 Å². The second-order valence-corrected chi connectivity index (χ2v) is 6.50. The van der Waals surface area contributed by atoms with Crippen molar-refractivity contribution >= 4 is 35.2 Å². The zero-order valence-corrected chi connectivity index (χ0v) is 15.8. The predicted molar refractivity (Wildman–Crippen MR) is 109 cm³/mol. The van der Waals surface area contributed by atoms with Crippen molar-refractivity contribution in [1.29, 1.82) is 0 Å². The molecule has 1 aromatic carbocycles. The molecule has 0 radical (unpaired) electrons. The molecule has 1 N–H and O–H groups in total. The van der Waals surface area contributed by atoms with E-state index in [1.165, 1.54) is 4.90 Å². The topological polar surface area (TPSA) is 49.4 Å². The highest BCUT2D eigenvalue weighted by molar-refractivity contribution is 7.80. The molecule has 1 heterocycles. The fourth-order valence-electron chi connectivity index (χ4n) is 2.70. The molecule has 0 bridgehead atoms. The van der Waals surface area contributed by atoms with E-state index in [4.69, 9.17) is 12.2 Å². The summed E-state index contributed by atoms with van der Waals surface area (Å²) in [5, 5.41) is 2.71. The van der Waals surface area contributed by atoms with Crippen LogP contribution in [-0.4, -0.2) is 28.4 Å². The molecule has 0 aliphatic carbocycles. The summed E-state index contributed by atoms with van der Waals surface area (Å²) in [5.74, 6) is -0.831. The highest BCUT2D eigenvalue weighted by atomic mass is 32.1. The van der Waals surface area contributed by atoms with Crippen molar-refractivity contribution in [3.8, 4) is 0 Å². The van der Waals surface area contributed by atoms with Crippen LogP contribution in [0.1, 0.15) is 38.2 Å². The summed E-state index contributed by atoms with van der Waals surface area (Å²) >= 11 is 5.09. The normalized spacial score (nSPS) is 16.8. The Morgan fingerprint density at radius 1 is 1.23 bits per heavy atom. The maximum Gasteiger partial charge on any atom is 0.265 e. The van der Waals surface area contributed by atoms with Crippen LogP contribution in [0.5, 0.6) is 0 Å². The summed E-state index contributed by atoms with van der Waals surface area (Å²) < 4.78 is 0. The van der Waals surface area contributed by atoms with Gasteiger partial charge in [0.05, 0.1) is 0 Å². The standard InChI is InChI=1S/C21H24N2O2S/c1-3-5-7-12-17(14-16-10-8-6-9-11-16)15-18-19(24)22-21(26)23(13-4-2)20(18)25/h4,6,8-11,14-15H,2-3,5,7,12-13H2,1H3,(H,22,24,26). The highest BCUT2D eigenvalue weighted by Crippen LogP contribution is 2.19. The zero-order valence-electron chi connectivity index (χ0n) is 15.0. The van der Waals surface area contributed by atoms with E-state index in [1.54, 1.807) is 12.2 Å². The molecule has 0 atom stereocenters. The highest BCUT2D eigenvalue weighted by Gasteiger charge is 2.32. The third kappa shape index (κ3) is 5.23. The molecule has 5 heteroatoms. The largest absolute Gasteiger partial charge is 0.298 e. The van der Waals surface area contributed by atoms with Crippen LogP contribution in [0.2, 0.25) is 0 Å². The molecule has 4 nitrogen and oxygen atoms in total. The van der Waals surface area contributed by atoms with Gasteiger partial charge in [0.25, 0.3) is 11.8 Å². The van der Waals surface area contributed by atoms with Crippen LogP contribution in [0.4, 0.5) is 0 Å². The average Bonchev–Trinajstić information content (AvgIpc) is 2.63. The van der Waals surface area contributed by atoms with Gasteiger partial charge in [-0.05, 0) is 42.3 Å². The van der Waals surface area contributed by atoms with Crippen molar-refractivity contribution < 1.29 is 9.59 Å². The smallest absolute Gasteiger partial charge is 0.265 e. The Labute approximate surface area is 160 Å². The van der Waals surface area contributed by atoms with Gasteiger partial charge < -0.3 is 0 Å². The van der Waals surface area contributed by atoms with Gasteiger partial charge in [-0.2, -0.15) is 0 Å². The number of carbonyl (C=O) groups is 2. The number of hydrogen-bond donors (Lipinski definition) is 1. The van der Waals surface area contributed by atoms with Crippen LogP contribution in [0, 0.1) is 0 Å². The third-order valence-corrected chi connectivity index (χ3v) is 4.37. The van der Waals surface area contributed by atoms with Crippen molar-refractivity contribution in [3.63, 3.8) is 0 Å². The maximum absolute atomic E-state index is 12.7. The molecule has 0 spiro atoms. The van der Waals surface area contributed by atoms with Crippen molar-refractivity contribution in [2.24, 2.45) is 0 Å². The van der Waals surface area contributed by atoms with Crippen molar-refractivity contribution in [2.75, 3.05) is 6.54 Å². The molecule has 0 aromatic heterocycles. The molecule has 0 saturated carbocycles. The van der Waals surface area contributed by atoms with Gasteiger partial charge in [-0.15, -0.1) is 6.58 Å². The molecule has 1 fully saturated rings. The average molecular weight is 369 g/mol. The summed E-state index contributed by atoms with van der Waals surface area (Å²) in [7, 11) is 0. The van der Waals surface area contributed by atoms with Gasteiger partial charge in [-0.1, -0.05) is 62.2 Å². The number of nitrogens with one attached hydrogen (secondary N) is 1. The Morgan fingerprint density at radius 2 is 1.96 bits per heavy atom. The summed E-state index contributed by atoms with van der Waals surface area (Å²) in [4.78, 5) is 26.4. The molecule has 2 amide bonds. The van der Waals surface area contributed by atoms with Gasteiger partial charge in [0.15, 0.2) is 5.11 Å². The Bertz CT molecular complexity index is 751. The van der Waals surface area contributed by atoms with Crippen molar-refractivity contribution in [2.45, 2.75) is 32.6 Å². The lowest BCUT2D eigenvalue weighted by atomic mass is 10.00. The third-order valence-electron chi connectivity index (χ3n) is 4.05. The molecule has 136 valence electrons. The minimum Gasteiger partial charge on any atom is -0.298 e. The van der Waals surface area contributed by atoms with E-state index >= 15 is 0 Å². The number of hydrogen-bond acceptors (Lipinski definition) is 3. The Morgan fingerprint density at radius 3 is 2.62 bits per heavy atom. The zero-order chi connectivity index (χ0) is 18.9. The number of benzene rings is 1. The molecule has 1 aliphatic heterocycles. The molecule has 1 saturated heterocycles. The van der Waals surface area contributed by atoms with E-state index in [1.807, 2.05) is 36.4 Å². The predicted octanol–water partition coefficient (Wildman–Crippen LogP) is 4.01. The number of unbranched alkanes of at least 4 members (excludes halogenated alkanes) is 2. The van der Waals surface area contributed by atoms with E-state index in [0.29, 0.717) is 0 Å². The summed E-state index contributed by atoms with van der Waals surface area (Å²) in [6, 6.07) is 9.88. The first-order valence-corrected chi connectivity index (χ1v) is 9.23. The van der Waals surface area contributed by atoms with Crippen LogP contribution in [0.3, 0.4) is 0 Å². The monoisotopic (exact) mass is 368 g/mol. The van der Waals surface area contributed by atoms with Gasteiger partial charge in [0, 0.05) is 6.54 Å². The van der Waals surface area contributed by atoms with E-state index in [2.05, 4.69) is 18.8 Å². The number of amides is 2. The number of thiocarbonyl (C=S) groups is 1. The van der Waals surface area contributed by atoms with E-state index in [9.17, 15) is 9.59 Å². The second-order valence-electron chi connectivity index (χ2n) is 6.11. The van der Waals surface area contributed by atoms with Crippen LogP contribution in [0.25, 0.3) is 6.08 Å². The van der Waals surface area contributed by atoms with Gasteiger partial charge in [-0.25, -0.2) is 0 Å². The fourth-order valence-corrected chi connectivity index (χ4v) is 2.95. The quantitative estimate of drug-likeness (QED) is 0.248. The van der Waals surface area contributed by atoms with Crippen molar-refractivity contribution in [3.05, 3.63) is 65.8 Å². The number of rotatable bonds is 8. The Hall–Kier alpha value is -2.53. The van der Waals surface area contributed by atoms with E-state index in [-0.39, 0.29) is 23.1 Å². The van der Waals surface area contributed by atoms with Gasteiger partial charge in [0.1, 0.15) is 5.57 Å².